The number of unbranched alkanes of at least 4 members (excludes halogenated alkanes) is 7. The third-order valence-corrected chi connectivity index (χ3v) is 3.65. The molecule has 22 heavy (non-hydrogen) atoms. The van der Waals surface area contributed by atoms with E-state index in [0.29, 0.717) is 6.42 Å². The number of carbonyl (C=O) groups is 1. The van der Waals surface area contributed by atoms with Crippen LogP contribution in [0.15, 0.2) is 24.3 Å². The summed E-state index contributed by atoms with van der Waals surface area (Å²) >= 11 is 0. The van der Waals surface area contributed by atoms with Crippen LogP contribution in [-0.2, 0) is 9.53 Å². The van der Waals surface area contributed by atoms with Crippen molar-refractivity contribution in [3.63, 3.8) is 0 Å². The lowest BCUT2D eigenvalue weighted by Crippen LogP contribution is -2.21. The second-order valence-corrected chi connectivity index (χ2v) is 5.70. The SMILES string of the molecule is CCCCCC=CCC=CCCCCCC[C@@H](O)C(=O)OC. The molecule has 0 aromatic heterocycles. The summed E-state index contributed by atoms with van der Waals surface area (Å²) in [4.78, 5) is 11.0. The predicted molar refractivity (Wildman–Crippen MR) is 92.8 cm³/mol. The maximum absolute atomic E-state index is 11.0. The van der Waals surface area contributed by atoms with Gasteiger partial charge in [-0.1, -0.05) is 63.3 Å². The molecule has 0 unspecified atom stereocenters. The molecule has 0 aliphatic carbocycles. The number of ether oxygens (including phenoxy) is 1. The van der Waals surface area contributed by atoms with Crippen LogP contribution in [0, 0.1) is 0 Å². The van der Waals surface area contributed by atoms with Crippen molar-refractivity contribution in [3.8, 4) is 0 Å². The summed E-state index contributed by atoms with van der Waals surface area (Å²) in [6, 6.07) is 0. The van der Waals surface area contributed by atoms with E-state index >= 15 is 0 Å². The molecule has 0 aromatic rings. The summed E-state index contributed by atoms with van der Waals surface area (Å²) in [5.41, 5.74) is 0. The number of hydrogen-bond donors (Lipinski definition) is 1. The van der Waals surface area contributed by atoms with Gasteiger partial charge in [0, 0.05) is 0 Å². The molecule has 0 heterocycles. The Hall–Kier alpha value is -1.09. The summed E-state index contributed by atoms with van der Waals surface area (Å²) in [5, 5.41) is 9.42. The highest BCUT2D eigenvalue weighted by molar-refractivity contribution is 5.74. The number of carbonyl (C=O) groups excluding carboxylic acids is 1. The van der Waals surface area contributed by atoms with Crippen molar-refractivity contribution in [1.82, 2.24) is 0 Å². The number of aliphatic hydroxyl groups excluding tert-OH is 1. The Balaban J connectivity index is 3.32. The highest BCUT2D eigenvalue weighted by Gasteiger charge is 2.13. The van der Waals surface area contributed by atoms with E-state index in [1.165, 1.54) is 39.2 Å². The lowest BCUT2D eigenvalue weighted by molar-refractivity contribution is -0.150. The molecule has 0 aliphatic rings. The monoisotopic (exact) mass is 310 g/mol. The summed E-state index contributed by atoms with van der Waals surface area (Å²) in [6.45, 7) is 2.23. The first-order valence-corrected chi connectivity index (χ1v) is 8.78. The van der Waals surface area contributed by atoms with E-state index in [2.05, 4.69) is 36.0 Å². The topological polar surface area (TPSA) is 46.5 Å². The van der Waals surface area contributed by atoms with Crippen LogP contribution in [0.3, 0.4) is 0 Å². The Bertz CT molecular complexity index is 308. The van der Waals surface area contributed by atoms with Gasteiger partial charge in [-0.25, -0.2) is 4.79 Å². The van der Waals surface area contributed by atoms with Gasteiger partial charge in [-0.05, 0) is 38.5 Å². The number of esters is 1. The van der Waals surface area contributed by atoms with E-state index < -0.39 is 12.1 Å². The van der Waals surface area contributed by atoms with Gasteiger partial charge in [0.05, 0.1) is 7.11 Å². The first-order chi connectivity index (χ1) is 10.7. The highest BCUT2D eigenvalue weighted by atomic mass is 16.5. The Morgan fingerprint density at radius 3 is 2.14 bits per heavy atom. The number of aliphatic hydroxyl groups is 1. The van der Waals surface area contributed by atoms with Gasteiger partial charge in [0.25, 0.3) is 0 Å². The number of rotatable bonds is 14. The Labute approximate surface area is 136 Å². The van der Waals surface area contributed by atoms with Crippen LogP contribution < -0.4 is 0 Å². The van der Waals surface area contributed by atoms with Crippen molar-refractivity contribution in [2.45, 2.75) is 83.7 Å². The van der Waals surface area contributed by atoms with Crippen LogP contribution in [0.25, 0.3) is 0 Å². The standard InChI is InChI=1S/C19H34O3/c1-3-4-5-6-7-8-9-10-11-12-13-14-15-16-17-18(20)19(21)22-2/h7-8,10-11,18,20H,3-6,9,12-17H2,1-2H3/t18-/m1/s1. The quantitative estimate of drug-likeness (QED) is 0.281. The average molecular weight is 310 g/mol. The summed E-state index contributed by atoms with van der Waals surface area (Å²) in [6.07, 6.45) is 20.1. The molecule has 0 fully saturated rings. The minimum Gasteiger partial charge on any atom is -0.467 e. The zero-order valence-corrected chi connectivity index (χ0v) is 14.4. The smallest absolute Gasteiger partial charge is 0.334 e. The molecule has 0 amide bonds. The van der Waals surface area contributed by atoms with Crippen molar-refractivity contribution in [1.29, 1.82) is 0 Å². The van der Waals surface area contributed by atoms with Crippen molar-refractivity contribution in [2.24, 2.45) is 0 Å². The Morgan fingerprint density at radius 1 is 0.955 bits per heavy atom. The van der Waals surface area contributed by atoms with Gasteiger partial charge >= 0.3 is 5.97 Å². The summed E-state index contributed by atoms with van der Waals surface area (Å²) in [7, 11) is 1.30. The lowest BCUT2D eigenvalue weighted by atomic mass is 10.1. The van der Waals surface area contributed by atoms with Crippen molar-refractivity contribution < 1.29 is 14.6 Å². The van der Waals surface area contributed by atoms with Gasteiger partial charge in [0.1, 0.15) is 0 Å². The molecule has 1 atom stereocenters. The average Bonchev–Trinajstić information content (AvgIpc) is 2.54. The third-order valence-electron chi connectivity index (χ3n) is 3.65. The highest BCUT2D eigenvalue weighted by Crippen LogP contribution is 2.09. The van der Waals surface area contributed by atoms with E-state index in [-0.39, 0.29) is 0 Å². The molecule has 0 aliphatic heterocycles. The van der Waals surface area contributed by atoms with Gasteiger partial charge in [-0.2, -0.15) is 0 Å². The van der Waals surface area contributed by atoms with E-state index in [4.69, 9.17) is 0 Å². The Morgan fingerprint density at radius 2 is 1.55 bits per heavy atom. The second kappa shape index (κ2) is 16.3. The van der Waals surface area contributed by atoms with Crippen LogP contribution in [0.2, 0.25) is 0 Å². The minimum absolute atomic E-state index is 0.505. The van der Waals surface area contributed by atoms with E-state index in [9.17, 15) is 9.90 Å². The lowest BCUT2D eigenvalue weighted by Gasteiger charge is -2.07. The fourth-order valence-electron chi connectivity index (χ4n) is 2.23. The van der Waals surface area contributed by atoms with Crippen LogP contribution in [0.5, 0.6) is 0 Å². The van der Waals surface area contributed by atoms with Crippen LogP contribution in [-0.4, -0.2) is 24.3 Å². The van der Waals surface area contributed by atoms with Crippen LogP contribution >= 0.6 is 0 Å². The molecule has 0 radical (unpaired) electrons. The molecular weight excluding hydrogens is 276 g/mol. The molecule has 1 N–H and O–H groups in total. The molecule has 0 aromatic carbocycles. The van der Waals surface area contributed by atoms with E-state index in [1.54, 1.807) is 0 Å². The predicted octanol–water partition coefficient (Wildman–Crippen LogP) is 4.94. The minimum atomic E-state index is -0.950. The molecule has 0 bridgehead atoms. The largest absolute Gasteiger partial charge is 0.467 e. The van der Waals surface area contributed by atoms with E-state index in [0.717, 1.165) is 32.1 Å². The molecular formula is C19H34O3. The number of allylic oxidation sites excluding steroid dienone is 4. The van der Waals surface area contributed by atoms with Crippen molar-refractivity contribution >= 4 is 5.97 Å². The summed E-state index contributed by atoms with van der Waals surface area (Å²) in [5.74, 6) is -0.523. The molecule has 3 heteroatoms. The van der Waals surface area contributed by atoms with E-state index in [1.807, 2.05) is 0 Å². The summed E-state index contributed by atoms with van der Waals surface area (Å²) < 4.78 is 4.48. The van der Waals surface area contributed by atoms with Crippen LogP contribution in [0.1, 0.15) is 77.6 Å². The molecule has 0 rings (SSSR count). The maximum Gasteiger partial charge on any atom is 0.334 e. The van der Waals surface area contributed by atoms with Crippen LogP contribution in [0.4, 0.5) is 0 Å². The molecule has 3 nitrogen and oxygen atoms in total. The number of hydrogen-bond acceptors (Lipinski definition) is 3. The molecule has 128 valence electrons. The Kier molecular flexibility index (Phi) is 15.5. The van der Waals surface area contributed by atoms with Crippen molar-refractivity contribution in [2.75, 3.05) is 7.11 Å². The zero-order valence-electron chi connectivity index (χ0n) is 14.4. The van der Waals surface area contributed by atoms with Gasteiger partial charge < -0.3 is 9.84 Å². The fraction of sp³-hybridized carbons (Fsp3) is 0.737. The molecule has 0 spiro atoms. The second-order valence-electron chi connectivity index (χ2n) is 5.70. The molecule has 0 saturated carbocycles. The maximum atomic E-state index is 11.0. The third kappa shape index (κ3) is 13.9. The fourth-order valence-corrected chi connectivity index (χ4v) is 2.23. The van der Waals surface area contributed by atoms with Crippen molar-refractivity contribution in [3.05, 3.63) is 24.3 Å². The van der Waals surface area contributed by atoms with Gasteiger partial charge in [0.2, 0.25) is 0 Å². The first-order valence-electron chi connectivity index (χ1n) is 8.78. The number of methoxy groups -OCH3 is 1. The van der Waals surface area contributed by atoms with Gasteiger partial charge in [-0.3, -0.25) is 0 Å². The first kappa shape index (κ1) is 20.9. The van der Waals surface area contributed by atoms with Gasteiger partial charge in [-0.15, -0.1) is 0 Å². The molecule has 0 saturated heterocycles. The zero-order chi connectivity index (χ0) is 16.5. The normalized spacial score (nSPS) is 13.0. The van der Waals surface area contributed by atoms with Gasteiger partial charge in [0.15, 0.2) is 6.10 Å².